The summed E-state index contributed by atoms with van der Waals surface area (Å²) in [5.74, 6) is 1.83. The third kappa shape index (κ3) is 2.42. The Labute approximate surface area is 105 Å². The van der Waals surface area contributed by atoms with Gasteiger partial charge in [-0.05, 0) is 49.4 Å². The molecular formula is C13H17N3S. The lowest BCUT2D eigenvalue weighted by Gasteiger charge is -2.23. The number of piperidine rings is 1. The highest BCUT2D eigenvalue weighted by Crippen LogP contribution is 2.26. The van der Waals surface area contributed by atoms with Gasteiger partial charge in [0.05, 0.1) is 0 Å². The number of fused-ring (bicyclic) bond motifs is 1. The molecule has 3 nitrogen and oxygen atoms in total. The molecule has 0 atom stereocenters. The van der Waals surface area contributed by atoms with Gasteiger partial charge >= 0.3 is 0 Å². The average Bonchev–Trinajstić information content (AvgIpc) is 2.86. The van der Waals surface area contributed by atoms with Crippen molar-refractivity contribution in [2.45, 2.75) is 12.8 Å². The van der Waals surface area contributed by atoms with E-state index in [-0.39, 0.29) is 0 Å². The minimum Gasteiger partial charge on any atom is -0.369 e. The van der Waals surface area contributed by atoms with Crippen molar-refractivity contribution in [2.75, 3.05) is 25.0 Å². The van der Waals surface area contributed by atoms with E-state index in [4.69, 9.17) is 0 Å². The normalized spacial score (nSPS) is 17.4. The lowest BCUT2D eigenvalue weighted by atomic mass is 9.98. The second-order valence-electron chi connectivity index (χ2n) is 4.57. The van der Waals surface area contributed by atoms with Crippen LogP contribution in [0.2, 0.25) is 0 Å². The third-order valence-corrected chi connectivity index (χ3v) is 4.28. The van der Waals surface area contributed by atoms with Crippen LogP contribution in [0.15, 0.2) is 23.7 Å². The van der Waals surface area contributed by atoms with Crippen molar-refractivity contribution in [2.24, 2.45) is 5.92 Å². The Hall–Kier alpha value is -1.13. The molecule has 2 N–H and O–H groups in total. The molecule has 2 aromatic rings. The number of nitrogens with one attached hydrogen (secondary N) is 2. The summed E-state index contributed by atoms with van der Waals surface area (Å²) < 4.78 is 1.31. The summed E-state index contributed by atoms with van der Waals surface area (Å²) in [4.78, 5) is 4.44. The third-order valence-electron chi connectivity index (χ3n) is 3.40. The molecule has 90 valence electrons. The zero-order valence-corrected chi connectivity index (χ0v) is 10.6. The van der Waals surface area contributed by atoms with Crippen LogP contribution in [-0.2, 0) is 0 Å². The Balaban J connectivity index is 1.69. The summed E-state index contributed by atoms with van der Waals surface area (Å²) in [7, 11) is 0. The van der Waals surface area contributed by atoms with Gasteiger partial charge in [0, 0.05) is 22.8 Å². The first kappa shape index (κ1) is 11.0. The standard InChI is InChI=1S/C13H17N3S/c1-5-14-6-2-10(1)9-16-13-11-4-8-17-12(11)3-7-15-13/h3-4,7-8,10,14H,1-2,5-6,9H2,(H,15,16). The van der Waals surface area contributed by atoms with Gasteiger partial charge in [-0.1, -0.05) is 0 Å². The van der Waals surface area contributed by atoms with Gasteiger partial charge in [-0.3, -0.25) is 0 Å². The maximum absolute atomic E-state index is 4.44. The molecule has 0 unspecified atom stereocenters. The molecule has 1 aliphatic rings. The van der Waals surface area contributed by atoms with Crippen LogP contribution < -0.4 is 10.6 Å². The van der Waals surface area contributed by atoms with E-state index in [1.54, 1.807) is 11.3 Å². The second-order valence-corrected chi connectivity index (χ2v) is 5.51. The largest absolute Gasteiger partial charge is 0.369 e. The second kappa shape index (κ2) is 5.02. The molecule has 0 aromatic carbocycles. The van der Waals surface area contributed by atoms with E-state index < -0.39 is 0 Å². The van der Waals surface area contributed by atoms with Gasteiger partial charge in [0.25, 0.3) is 0 Å². The van der Waals surface area contributed by atoms with Crippen LogP contribution in [0.1, 0.15) is 12.8 Å². The van der Waals surface area contributed by atoms with Crippen molar-refractivity contribution in [1.82, 2.24) is 10.3 Å². The number of anilines is 1. The summed E-state index contributed by atoms with van der Waals surface area (Å²) in [6.45, 7) is 3.36. The predicted molar refractivity (Wildman–Crippen MR) is 73.7 cm³/mol. The molecular weight excluding hydrogens is 230 g/mol. The van der Waals surface area contributed by atoms with Gasteiger partial charge in [-0.25, -0.2) is 4.98 Å². The fourth-order valence-corrected chi connectivity index (χ4v) is 3.14. The Morgan fingerprint density at radius 1 is 1.35 bits per heavy atom. The van der Waals surface area contributed by atoms with Crippen LogP contribution in [0.3, 0.4) is 0 Å². The number of hydrogen-bond donors (Lipinski definition) is 2. The topological polar surface area (TPSA) is 37.0 Å². The fraction of sp³-hybridized carbons (Fsp3) is 0.462. The van der Waals surface area contributed by atoms with Crippen molar-refractivity contribution >= 4 is 27.2 Å². The molecule has 0 spiro atoms. The average molecular weight is 247 g/mol. The zero-order chi connectivity index (χ0) is 11.5. The summed E-state index contributed by atoms with van der Waals surface area (Å²) >= 11 is 1.77. The molecule has 0 amide bonds. The van der Waals surface area contributed by atoms with Crippen LogP contribution in [0.4, 0.5) is 5.82 Å². The molecule has 3 heterocycles. The van der Waals surface area contributed by atoms with Crippen molar-refractivity contribution in [3.63, 3.8) is 0 Å². The van der Waals surface area contributed by atoms with E-state index in [0.717, 1.165) is 31.4 Å². The Morgan fingerprint density at radius 3 is 3.12 bits per heavy atom. The van der Waals surface area contributed by atoms with E-state index in [9.17, 15) is 0 Å². The highest BCUT2D eigenvalue weighted by molar-refractivity contribution is 7.17. The zero-order valence-electron chi connectivity index (χ0n) is 9.78. The van der Waals surface area contributed by atoms with Gasteiger partial charge in [0.2, 0.25) is 0 Å². The van der Waals surface area contributed by atoms with Gasteiger partial charge < -0.3 is 10.6 Å². The summed E-state index contributed by atoms with van der Waals surface area (Å²) in [5.41, 5.74) is 0. The smallest absolute Gasteiger partial charge is 0.134 e. The van der Waals surface area contributed by atoms with E-state index in [1.807, 2.05) is 6.20 Å². The highest BCUT2D eigenvalue weighted by Gasteiger charge is 2.13. The number of aromatic nitrogens is 1. The molecule has 1 fully saturated rings. The maximum atomic E-state index is 4.44. The van der Waals surface area contributed by atoms with Gasteiger partial charge in [0.1, 0.15) is 5.82 Å². The lowest BCUT2D eigenvalue weighted by Crippen LogP contribution is -2.31. The number of rotatable bonds is 3. The quantitative estimate of drug-likeness (QED) is 0.875. The molecule has 4 heteroatoms. The molecule has 0 aliphatic carbocycles. The molecule has 1 saturated heterocycles. The van der Waals surface area contributed by atoms with Crippen LogP contribution in [-0.4, -0.2) is 24.6 Å². The minimum atomic E-state index is 0.784. The Kier molecular flexibility index (Phi) is 3.25. The Morgan fingerprint density at radius 2 is 2.24 bits per heavy atom. The van der Waals surface area contributed by atoms with Gasteiger partial charge in [-0.2, -0.15) is 0 Å². The van der Waals surface area contributed by atoms with E-state index in [2.05, 4.69) is 33.1 Å². The Bertz CT molecular complexity index is 488. The minimum absolute atomic E-state index is 0.784. The monoisotopic (exact) mass is 247 g/mol. The molecule has 0 radical (unpaired) electrons. The first-order valence-electron chi connectivity index (χ1n) is 6.20. The van der Waals surface area contributed by atoms with Gasteiger partial charge in [-0.15, -0.1) is 11.3 Å². The SMILES string of the molecule is c1cc2sccc2c(NCC2CCNCC2)n1. The molecule has 0 saturated carbocycles. The van der Waals surface area contributed by atoms with Crippen LogP contribution >= 0.6 is 11.3 Å². The van der Waals surface area contributed by atoms with Crippen molar-refractivity contribution < 1.29 is 0 Å². The number of hydrogen-bond acceptors (Lipinski definition) is 4. The number of nitrogens with zero attached hydrogens (tertiary/aromatic N) is 1. The predicted octanol–water partition coefficient (Wildman–Crippen LogP) is 2.71. The van der Waals surface area contributed by atoms with Crippen LogP contribution in [0.5, 0.6) is 0 Å². The molecule has 17 heavy (non-hydrogen) atoms. The van der Waals surface area contributed by atoms with Crippen molar-refractivity contribution in [3.8, 4) is 0 Å². The number of pyridine rings is 1. The summed E-state index contributed by atoms with van der Waals surface area (Å²) in [6, 6.07) is 4.23. The first-order chi connectivity index (χ1) is 8.43. The molecule has 3 rings (SSSR count). The van der Waals surface area contributed by atoms with E-state index >= 15 is 0 Å². The fourth-order valence-electron chi connectivity index (χ4n) is 2.36. The van der Waals surface area contributed by atoms with Crippen molar-refractivity contribution in [3.05, 3.63) is 23.7 Å². The van der Waals surface area contributed by atoms with E-state index in [0.29, 0.717) is 0 Å². The first-order valence-corrected chi connectivity index (χ1v) is 7.08. The highest BCUT2D eigenvalue weighted by atomic mass is 32.1. The van der Waals surface area contributed by atoms with Crippen molar-refractivity contribution in [1.29, 1.82) is 0 Å². The molecule has 1 aliphatic heterocycles. The summed E-state index contributed by atoms with van der Waals surface area (Å²) in [6.07, 6.45) is 4.43. The van der Waals surface area contributed by atoms with Crippen LogP contribution in [0, 0.1) is 5.92 Å². The maximum Gasteiger partial charge on any atom is 0.134 e. The summed E-state index contributed by atoms with van der Waals surface area (Å²) in [5, 5.41) is 10.3. The van der Waals surface area contributed by atoms with Gasteiger partial charge in [0.15, 0.2) is 0 Å². The molecule has 2 aromatic heterocycles. The number of thiophene rings is 1. The lowest BCUT2D eigenvalue weighted by molar-refractivity contribution is 0.389. The van der Waals surface area contributed by atoms with E-state index in [1.165, 1.54) is 22.9 Å². The molecule has 0 bridgehead atoms. The van der Waals surface area contributed by atoms with Crippen LogP contribution in [0.25, 0.3) is 10.1 Å².